The number of aryl methyl sites for hydroxylation is 2. The Balaban J connectivity index is 1.68. The van der Waals surface area contributed by atoms with Gasteiger partial charge in [0.05, 0.1) is 11.4 Å². The second-order valence-electron chi connectivity index (χ2n) is 8.87. The molecule has 7 nitrogen and oxygen atoms in total. The molecule has 2 aromatic heterocycles. The second kappa shape index (κ2) is 9.37. The fraction of sp³-hybridized carbons (Fsp3) is 0.214. The van der Waals surface area contributed by atoms with Crippen LogP contribution in [0.25, 0.3) is 5.69 Å². The van der Waals surface area contributed by atoms with Crippen LogP contribution in [0.2, 0.25) is 0 Å². The molecule has 0 spiro atoms. The fourth-order valence-corrected chi connectivity index (χ4v) is 4.87. The highest BCUT2D eigenvalue weighted by atomic mass is 19.1. The fourth-order valence-electron chi connectivity index (χ4n) is 4.87. The number of rotatable bonds is 5. The van der Waals surface area contributed by atoms with Crippen molar-refractivity contribution < 1.29 is 14.0 Å². The number of hydrogen-bond acceptors (Lipinski definition) is 4. The highest BCUT2D eigenvalue weighted by Gasteiger charge is 2.45. The molecule has 1 N–H and O–H groups in total. The van der Waals surface area contributed by atoms with Crippen LogP contribution in [0.15, 0.2) is 72.9 Å². The molecule has 3 heterocycles. The molecule has 0 bridgehead atoms. The Labute approximate surface area is 208 Å². The number of anilines is 1. The quantitative estimate of drug-likeness (QED) is 0.429. The van der Waals surface area contributed by atoms with E-state index < -0.39 is 17.9 Å². The SMILES string of the molecule is CCN1C(=O)[C@@H](NC(=O)c2cccc(C)c2)[C@@H](c2ccc(F)nc2)c2c(C)nn(-c3ccccc3)c21. The van der Waals surface area contributed by atoms with Gasteiger partial charge in [0.2, 0.25) is 5.95 Å². The first-order valence-corrected chi connectivity index (χ1v) is 11.8. The zero-order valence-corrected chi connectivity index (χ0v) is 20.3. The minimum atomic E-state index is -0.926. The zero-order valence-electron chi connectivity index (χ0n) is 20.3. The van der Waals surface area contributed by atoms with Gasteiger partial charge in [0.1, 0.15) is 11.9 Å². The Hall–Kier alpha value is -4.33. The third kappa shape index (κ3) is 4.04. The average Bonchev–Trinajstić information content (AvgIpc) is 3.22. The monoisotopic (exact) mass is 483 g/mol. The molecule has 0 aliphatic carbocycles. The summed E-state index contributed by atoms with van der Waals surface area (Å²) in [5.41, 5.74) is 4.34. The van der Waals surface area contributed by atoms with E-state index >= 15 is 0 Å². The molecule has 2 aromatic carbocycles. The van der Waals surface area contributed by atoms with Crippen molar-refractivity contribution in [3.8, 4) is 5.69 Å². The number of para-hydroxylation sites is 1. The van der Waals surface area contributed by atoms with E-state index in [1.165, 1.54) is 12.3 Å². The molecule has 36 heavy (non-hydrogen) atoms. The van der Waals surface area contributed by atoms with Gasteiger partial charge in [-0.15, -0.1) is 0 Å². The molecule has 2 atom stereocenters. The zero-order chi connectivity index (χ0) is 25.4. The lowest BCUT2D eigenvalue weighted by atomic mass is 9.81. The number of nitrogens with one attached hydrogen (secondary N) is 1. The predicted octanol–water partition coefficient (Wildman–Crippen LogP) is 4.32. The van der Waals surface area contributed by atoms with Crippen LogP contribution in [0.3, 0.4) is 0 Å². The van der Waals surface area contributed by atoms with E-state index in [0.717, 1.165) is 16.8 Å². The van der Waals surface area contributed by atoms with Crippen molar-refractivity contribution in [3.05, 3.63) is 107 Å². The van der Waals surface area contributed by atoms with Crippen molar-refractivity contribution in [1.82, 2.24) is 20.1 Å². The highest BCUT2D eigenvalue weighted by molar-refractivity contribution is 6.05. The van der Waals surface area contributed by atoms with Gasteiger partial charge in [0, 0.05) is 29.8 Å². The molecule has 0 unspecified atom stereocenters. The molecule has 1 aliphatic heterocycles. The van der Waals surface area contributed by atoms with Crippen molar-refractivity contribution in [2.24, 2.45) is 0 Å². The van der Waals surface area contributed by atoms with Gasteiger partial charge in [0.25, 0.3) is 11.8 Å². The van der Waals surface area contributed by atoms with Gasteiger partial charge >= 0.3 is 0 Å². The molecule has 5 rings (SSSR count). The van der Waals surface area contributed by atoms with Crippen molar-refractivity contribution in [2.75, 3.05) is 11.4 Å². The summed E-state index contributed by atoms with van der Waals surface area (Å²) in [6.07, 6.45) is 1.42. The molecular weight excluding hydrogens is 457 g/mol. The number of likely N-dealkylation sites (N-methyl/N-ethyl adjacent to an activating group) is 1. The molecule has 2 amide bonds. The molecule has 182 valence electrons. The number of carbonyl (C=O) groups excluding carboxylic acids is 2. The number of pyridine rings is 1. The number of amides is 2. The van der Waals surface area contributed by atoms with Crippen molar-refractivity contribution in [2.45, 2.75) is 32.7 Å². The van der Waals surface area contributed by atoms with Gasteiger partial charge in [-0.3, -0.25) is 14.5 Å². The topological polar surface area (TPSA) is 80.1 Å². The van der Waals surface area contributed by atoms with Gasteiger partial charge in [0.15, 0.2) is 0 Å². The molecule has 0 saturated heterocycles. The minimum Gasteiger partial charge on any atom is -0.339 e. The van der Waals surface area contributed by atoms with Crippen LogP contribution >= 0.6 is 0 Å². The summed E-state index contributed by atoms with van der Waals surface area (Å²) in [6.45, 7) is 6.06. The minimum absolute atomic E-state index is 0.266. The molecular formula is C28H26FN5O2. The van der Waals surface area contributed by atoms with E-state index in [9.17, 15) is 14.0 Å². The third-order valence-electron chi connectivity index (χ3n) is 6.51. The molecule has 0 radical (unpaired) electrons. The number of nitrogens with zero attached hydrogens (tertiary/aromatic N) is 4. The largest absolute Gasteiger partial charge is 0.339 e. The lowest BCUT2D eigenvalue weighted by molar-refractivity contribution is -0.121. The highest BCUT2D eigenvalue weighted by Crippen LogP contribution is 2.43. The number of benzene rings is 2. The molecule has 0 saturated carbocycles. The summed E-state index contributed by atoms with van der Waals surface area (Å²) in [4.78, 5) is 32.7. The van der Waals surface area contributed by atoms with E-state index in [2.05, 4.69) is 10.3 Å². The van der Waals surface area contributed by atoms with Gasteiger partial charge in [-0.1, -0.05) is 42.0 Å². The summed E-state index contributed by atoms with van der Waals surface area (Å²) >= 11 is 0. The van der Waals surface area contributed by atoms with Crippen LogP contribution in [0.5, 0.6) is 0 Å². The molecule has 8 heteroatoms. The van der Waals surface area contributed by atoms with E-state index in [4.69, 9.17) is 5.10 Å². The molecule has 1 aliphatic rings. The van der Waals surface area contributed by atoms with E-state index in [1.807, 2.05) is 57.2 Å². The average molecular weight is 484 g/mol. The Bertz CT molecular complexity index is 1430. The van der Waals surface area contributed by atoms with Gasteiger partial charge in [-0.25, -0.2) is 9.67 Å². The number of halogens is 1. The summed E-state index contributed by atoms with van der Waals surface area (Å²) < 4.78 is 15.5. The van der Waals surface area contributed by atoms with Gasteiger partial charge in [-0.05, 0) is 56.7 Å². The van der Waals surface area contributed by atoms with Crippen LogP contribution in [-0.4, -0.2) is 39.2 Å². The van der Waals surface area contributed by atoms with Gasteiger partial charge < -0.3 is 5.32 Å². The Morgan fingerprint density at radius 3 is 2.50 bits per heavy atom. The maximum Gasteiger partial charge on any atom is 0.251 e. The van der Waals surface area contributed by atoms with E-state index in [0.29, 0.717) is 29.2 Å². The smallest absolute Gasteiger partial charge is 0.251 e. The first-order chi connectivity index (χ1) is 17.4. The predicted molar refractivity (Wildman–Crippen MR) is 135 cm³/mol. The summed E-state index contributed by atoms with van der Waals surface area (Å²) in [5.74, 6) is -1.20. The van der Waals surface area contributed by atoms with Crippen LogP contribution in [-0.2, 0) is 4.79 Å². The standard InChI is InChI=1S/C28H26FN5O2/c1-4-33-27-23(18(3)32-34(27)21-11-6-5-7-12-21)24(20-13-14-22(29)30-16-20)25(28(33)36)31-26(35)19-10-8-9-17(2)15-19/h5-16,24-25H,4H2,1-3H3,(H,31,35)/t24-,25-/m0/s1. The van der Waals surface area contributed by atoms with Crippen molar-refractivity contribution in [1.29, 1.82) is 0 Å². The Morgan fingerprint density at radius 2 is 1.83 bits per heavy atom. The lowest BCUT2D eigenvalue weighted by Gasteiger charge is -2.38. The number of carbonyl (C=O) groups is 2. The summed E-state index contributed by atoms with van der Waals surface area (Å²) in [5, 5.41) is 7.76. The number of fused-ring (bicyclic) bond motifs is 1. The Kier molecular flexibility index (Phi) is 6.10. The third-order valence-corrected chi connectivity index (χ3v) is 6.51. The maximum atomic E-state index is 14.0. The lowest BCUT2D eigenvalue weighted by Crippen LogP contribution is -2.55. The van der Waals surface area contributed by atoms with Crippen molar-refractivity contribution >= 4 is 17.6 Å². The molecule has 0 fully saturated rings. The summed E-state index contributed by atoms with van der Waals surface area (Å²) in [7, 11) is 0. The van der Waals surface area contributed by atoms with Crippen LogP contribution in [0.4, 0.5) is 10.2 Å². The first-order valence-electron chi connectivity index (χ1n) is 11.8. The maximum absolute atomic E-state index is 14.0. The van der Waals surface area contributed by atoms with Crippen LogP contribution in [0.1, 0.15) is 45.6 Å². The first kappa shape index (κ1) is 23.4. The second-order valence-corrected chi connectivity index (χ2v) is 8.87. The van der Waals surface area contributed by atoms with Crippen LogP contribution < -0.4 is 10.2 Å². The molecule has 4 aromatic rings. The van der Waals surface area contributed by atoms with Crippen LogP contribution in [0, 0.1) is 19.8 Å². The van der Waals surface area contributed by atoms with E-state index in [1.54, 1.807) is 33.8 Å². The normalized spacial score (nSPS) is 17.1. The van der Waals surface area contributed by atoms with E-state index in [-0.39, 0.29) is 11.8 Å². The van der Waals surface area contributed by atoms with Crippen molar-refractivity contribution in [3.63, 3.8) is 0 Å². The summed E-state index contributed by atoms with van der Waals surface area (Å²) in [6, 6.07) is 18.7. The Morgan fingerprint density at radius 1 is 1.06 bits per heavy atom. The number of aromatic nitrogens is 3. The van der Waals surface area contributed by atoms with Gasteiger partial charge in [-0.2, -0.15) is 9.49 Å². The number of hydrogen-bond donors (Lipinski definition) is 1.